The van der Waals surface area contributed by atoms with Crippen molar-refractivity contribution >= 4 is 5.96 Å². The van der Waals surface area contributed by atoms with Crippen LogP contribution in [0.5, 0.6) is 5.75 Å². The average Bonchev–Trinajstić information content (AvgIpc) is 3.45. The Morgan fingerprint density at radius 2 is 1.93 bits per heavy atom. The summed E-state index contributed by atoms with van der Waals surface area (Å²) in [6.45, 7) is -0.240. The lowest BCUT2D eigenvalue weighted by Gasteiger charge is -2.14. The van der Waals surface area contributed by atoms with Crippen LogP contribution in [0.3, 0.4) is 0 Å². The molecule has 1 fully saturated rings. The lowest BCUT2D eigenvalue weighted by molar-refractivity contribution is -0.0498. The molecule has 156 valence electrons. The molecule has 5 nitrogen and oxygen atoms in total. The first kappa shape index (κ1) is 21.0. The Morgan fingerprint density at radius 3 is 2.59 bits per heavy atom. The molecule has 0 aliphatic heterocycles. The van der Waals surface area contributed by atoms with Gasteiger partial charge in [-0.1, -0.05) is 30.3 Å². The van der Waals surface area contributed by atoms with Crippen molar-refractivity contribution in [1.29, 1.82) is 0 Å². The van der Waals surface area contributed by atoms with Gasteiger partial charge in [-0.25, -0.2) is 4.39 Å². The minimum absolute atomic E-state index is 0.0300. The minimum atomic E-state index is -2.89. The summed E-state index contributed by atoms with van der Waals surface area (Å²) in [5.74, 6) is 0.446. The molecule has 2 aromatic rings. The third-order valence-corrected chi connectivity index (χ3v) is 4.67. The van der Waals surface area contributed by atoms with Gasteiger partial charge in [0.1, 0.15) is 11.6 Å². The quantitative estimate of drug-likeness (QED) is 0.462. The molecular weight excluding hydrogens is 383 g/mol. The fourth-order valence-corrected chi connectivity index (χ4v) is 3.12. The van der Waals surface area contributed by atoms with E-state index in [-0.39, 0.29) is 30.1 Å². The van der Waals surface area contributed by atoms with E-state index in [2.05, 4.69) is 20.4 Å². The van der Waals surface area contributed by atoms with Gasteiger partial charge in [-0.15, -0.1) is 0 Å². The number of halogens is 3. The molecule has 0 saturated heterocycles. The molecule has 0 aromatic heterocycles. The Balaban J connectivity index is 1.57. The maximum Gasteiger partial charge on any atom is 0.387 e. The van der Waals surface area contributed by atoms with Gasteiger partial charge in [-0.05, 0) is 42.7 Å². The molecule has 3 atom stereocenters. The Kier molecular flexibility index (Phi) is 6.98. The van der Waals surface area contributed by atoms with Gasteiger partial charge in [0.05, 0.1) is 12.6 Å². The number of guanidine groups is 1. The molecule has 29 heavy (non-hydrogen) atoms. The number of aliphatic hydroxyl groups excluding tert-OH is 1. The minimum Gasteiger partial charge on any atom is -0.435 e. The van der Waals surface area contributed by atoms with Crippen LogP contribution in [0.2, 0.25) is 0 Å². The summed E-state index contributed by atoms with van der Waals surface area (Å²) < 4.78 is 42.6. The number of aliphatic imine (C=N–C) groups is 1. The number of aliphatic hydroxyl groups is 1. The standard InChI is InChI=1S/C21H24F3N3O2/c1-2-25-21(27-18-11-16(18)15-5-3-4-6-17(15)22)26-12-19(28)13-7-9-14(10-8-13)29-20(23)24/h3-10,16,18-20,28H,2,11-12H2,1H3,(H2,25,26,27). The Labute approximate surface area is 167 Å². The first-order valence-electron chi connectivity index (χ1n) is 9.50. The van der Waals surface area contributed by atoms with E-state index in [0.717, 1.165) is 6.42 Å². The van der Waals surface area contributed by atoms with Gasteiger partial charge in [0, 0.05) is 18.5 Å². The molecule has 0 heterocycles. The van der Waals surface area contributed by atoms with Crippen molar-refractivity contribution in [2.24, 2.45) is 4.99 Å². The fraction of sp³-hybridized carbons (Fsp3) is 0.381. The van der Waals surface area contributed by atoms with E-state index < -0.39 is 12.7 Å². The van der Waals surface area contributed by atoms with E-state index in [9.17, 15) is 18.3 Å². The normalized spacial score (nSPS) is 19.7. The van der Waals surface area contributed by atoms with E-state index >= 15 is 0 Å². The predicted octanol–water partition coefficient (Wildman–Crippen LogP) is 3.57. The van der Waals surface area contributed by atoms with Gasteiger partial charge < -0.3 is 20.5 Å². The molecule has 3 rings (SSSR count). The molecular formula is C21H24F3N3O2. The molecule has 8 heteroatoms. The van der Waals surface area contributed by atoms with Gasteiger partial charge in [-0.2, -0.15) is 8.78 Å². The summed E-state index contributed by atoms with van der Waals surface area (Å²) in [6, 6.07) is 12.6. The molecule has 0 spiro atoms. The third-order valence-electron chi connectivity index (χ3n) is 4.67. The fourth-order valence-electron chi connectivity index (χ4n) is 3.12. The molecule has 0 radical (unpaired) electrons. The van der Waals surface area contributed by atoms with E-state index in [0.29, 0.717) is 23.6 Å². The van der Waals surface area contributed by atoms with E-state index in [4.69, 9.17) is 0 Å². The van der Waals surface area contributed by atoms with Crippen molar-refractivity contribution in [1.82, 2.24) is 10.6 Å². The van der Waals surface area contributed by atoms with Gasteiger partial charge in [0.25, 0.3) is 0 Å². The van der Waals surface area contributed by atoms with Crippen LogP contribution in [0.1, 0.15) is 36.5 Å². The van der Waals surface area contributed by atoms with Crippen molar-refractivity contribution in [3.05, 3.63) is 65.5 Å². The van der Waals surface area contributed by atoms with Crippen LogP contribution in [0.15, 0.2) is 53.5 Å². The highest BCUT2D eigenvalue weighted by Crippen LogP contribution is 2.41. The Morgan fingerprint density at radius 1 is 1.21 bits per heavy atom. The maximum absolute atomic E-state index is 13.9. The van der Waals surface area contributed by atoms with E-state index in [1.54, 1.807) is 12.1 Å². The molecule has 3 N–H and O–H groups in total. The number of hydrogen-bond donors (Lipinski definition) is 3. The third kappa shape index (κ3) is 5.87. The Hall–Kier alpha value is -2.74. The number of rotatable bonds is 8. The average molecular weight is 407 g/mol. The first-order chi connectivity index (χ1) is 14.0. The van der Waals surface area contributed by atoms with Crippen LogP contribution in [0, 0.1) is 5.82 Å². The molecule has 1 saturated carbocycles. The second-order valence-electron chi connectivity index (χ2n) is 6.80. The highest BCUT2D eigenvalue weighted by atomic mass is 19.3. The van der Waals surface area contributed by atoms with Crippen molar-refractivity contribution in [2.75, 3.05) is 13.1 Å². The van der Waals surface area contributed by atoms with Crippen LogP contribution in [-0.2, 0) is 0 Å². The van der Waals surface area contributed by atoms with Crippen LogP contribution < -0.4 is 15.4 Å². The molecule has 2 aromatic carbocycles. The van der Waals surface area contributed by atoms with Gasteiger partial charge in [-0.3, -0.25) is 4.99 Å². The summed E-state index contributed by atoms with van der Waals surface area (Å²) in [4.78, 5) is 4.39. The molecule has 3 unspecified atom stereocenters. The SMILES string of the molecule is CCNC(=NCC(O)c1ccc(OC(F)F)cc1)NC1CC1c1ccccc1F. The second kappa shape index (κ2) is 9.65. The zero-order valence-electron chi connectivity index (χ0n) is 16.0. The number of nitrogens with one attached hydrogen (secondary N) is 2. The lowest BCUT2D eigenvalue weighted by Crippen LogP contribution is -2.39. The van der Waals surface area contributed by atoms with Crippen LogP contribution in [-0.4, -0.2) is 36.8 Å². The zero-order chi connectivity index (χ0) is 20.8. The van der Waals surface area contributed by atoms with Crippen LogP contribution in [0.25, 0.3) is 0 Å². The molecule has 1 aliphatic rings. The van der Waals surface area contributed by atoms with Crippen molar-refractivity contribution in [2.45, 2.75) is 38.0 Å². The molecule has 1 aliphatic carbocycles. The number of alkyl halides is 2. The lowest BCUT2D eigenvalue weighted by atomic mass is 10.1. The largest absolute Gasteiger partial charge is 0.435 e. The maximum atomic E-state index is 13.9. The first-order valence-corrected chi connectivity index (χ1v) is 9.50. The van der Waals surface area contributed by atoms with E-state index in [1.165, 1.54) is 30.3 Å². The van der Waals surface area contributed by atoms with Gasteiger partial charge in [0.2, 0.25) is 0 Å². The van der Waals surface area contributed by atoms with E-state index in [1.807, 2.05) is 13.0 Å². The second-order valence-corrected chi connectivity index (χ2v) is 6.80. The van der Waals surface area contributed by atoms with Crippen molar-refractivity contribution in [3.63, 3.8) is 0 Å². The number of nitrogens with zero attached hydrogens (tertiary/aromatic N) is 1. The van der Waals surface area contributed by atoms with Crippen LogP contribution >= 0.6 is 0 Å². The number of hydrogen-bond acceptors (Lipinski definition) is 3. The number of benzene rings is 2. The Bertz CT molecular complexity index is 830. The summed E-state index contributed by atoms with van der Waals surface area (Å²) >= 11 is 0. The molecule has 0 bridgehead atoms. The summed E-state index contributed by atoms with van der Waals surface area (Å²) in [5, 5.41) is 16.7. The summed E-state index contributed by atoms with van der Waals surface area (Å²) in [7, 11) is 0. The van der Waals surface area contributed by atoms with Crippen LogP contribution in [0.4, 0.5) is 13.2 Å². The number of ether oxygens (including phenoxy) is 1. The highest BCUT2D eigenvalue weighted by molar-refractivity contribution is 5.80. The van der Waals surface area contributed by atoms with Crippen molar-refractivity contribution < 1.29 is 23.0 Å². The monoisotopic (exact) mass is 407 g/mol. The zero-order valence-corrected chi connectivity index (χ0v) is 16.0. The van der Waals surface area contributed by atoms with Gasteiger partial charge in [0.15, 0.2) is 5.96 Å². The topological polar surface area (TPSA) is 65.9 Å². The molecule has 0 amide bonds. The predicted molar refractivity (Wildman–Crippen MR) is 105 cm³/mol. The van der Waals surface area contributed by atoms with Crippen molar-refractivity contribution in [3.8, 4) is 5.75 Å². The summed E-state index contributed by atoms with van der Waals surface area (Å²) in [6.07, 6.45) is -0.0907. The van der Waals surface area contributed by atoms with Gasteiger partial charge >= 0.3 is 6.61 Å². The smallest absolute Gasteiger partial charge is 0.387 e. The summed E-state index contributed by atoms with van der Waals surface area (Å²) in [5.41, 5.74) is 1.23. The highest BCUT2D eigenvalue weighted by Gasteiger charge is 2.40.